The van der Waals surface area contributed by atoms with Crippen molar-refractivity contribution < 1.29 is 25.2 Å². The van der Waals surface area contributed by atoms with E-state index in [-0.39, 0.29) is 33.5 Å². The number of ether oxygens (including phenoxy) is 1. The van der Waals surface area contributed by atoms with Crippen LogP contribution in [0.25, 0.3) is 11.2 Å². The maximum absolute atomic E-state index is 9.95. The molecule has 0 spiro atoms. The number of aliphatic hydroxyl groups is 4. The molecule has 0 radical (unpaired) electrons. The number of fused-ring (bicyclic) bond motifs is 1. The van der Waals surface area contributed by atoms with Crippen molar-refractivity contribution in [1.29, 1.82) is 0 Å². The van der Waals surface area contributed by atoms with Crippen LogP contribution in [-0.2, 0) is 4.74 Å². The SMILES string of the molecule is NC(CCS)C(O)=[Se].Nc1ncnc2c1ncn2[C@@H]1O[C@H](CO)[C@@H](O)[C@H]1O.[SeH2]. The first kappa shape index (κ1) is 25.2. The van der Waals surface area contributed by atoms with Crippen molar-refractivity contribution in [2.45, 2.75) is 37.0 Å². The Morgan fingerprint density at radius 1 is 1.32 bits per heavy atom. The van der Waals surface area contributed by atoms with Crippen LogP contribution < -0.4 is 11.5 Å². The second-order valence-corrected chi connectivity index (χ2v) is 7.09. The normalized spacial score (nSPS) is 24.9. The monoisotopic (exact) mass is 548 g/mol. The van der Waals surface area contributed by atoms with Gasteiger partial charge in [0.25, 0.3) is 0 Å². The number of thiol groups is 1. The third kappa shape index (κ3) is 5.63. The Hall–Kier alpha value is -0.791. The molecule has 1 saturated heterocycles. The van der Waals surface area contributed by atoms with Crippen LogP contribution >= 0.6 is 12.6 Å². The molecule has 0 aromatic carbocycles. The van der Waals surface area contributed by atoms with Gasteiger partial charge in [-0.15, -0.1) is 0 Å². The molecule has 0 amide bonds. The summed E-state index contributed by atoms with van der Waals surface area (Å²) in [7, 11) is 0. The van der Waals surface area contributed by atoms with E-state index in [4.69, 9.17) is 26.4 Å². The molecule has 5 atom stereocenters. The van der Waals surface area contributed by atoms with Gasteiger partial charge in [-0.05, 0) is 0 Å². The van der Waals surface area contributed by atoms with Crippen LogP contribution in [0.3, 0.4) is 0 Å². The molecule has 2 aromatic heterocycles. The summed E-state index contributed by atoms with van der Waals surface area (Å²) in [5, 5.41) is 37.4. The summed E-state index contributed by atoms with van der Waals surface area (Å²) in [4.78, 5) is 11.9. The summed E-state index contributed by atoms with van der Waals surface area (Å²) >= 11 is 6.37. The Kier molecular flexibility index (Phi) is 10.3. The minimum absolute atomic E-state index is 0. The van der Waals surface area contributed by atoms with Crippen LogP contribution in [0, 0.1) is 0 Å². The van der Waals surface area contributed by atoms with E-state index in [0.29, 0.717) is 23.3 Å². The van der Waals surface area contributed by atoms with Crippen LogP contribution in [-0.4, -0.2) is 114 Å². The average molecular weight is 546 g/mol. The number of anilines is 1. The number of nitrogens with two attached hydrogens (primary N) is 2. The predicted molar refractivity (Wildman–Crippen MR) is 110 cm³/mol. The molecule has 3 rings (SSSR count). The van der Waals surface area contributed by atoms with Crippen molar-refractivity contribution in [3.8, 4) is 0 Å². The Balaban J connectivity index is 0.000000376. The molecular weight excluding hydrogens is 522 g/mol. The zero-order valence-electron chi connectivity index (χ0n) is 14.7. The first-order valence-corrected chi connectivity index (χ1v) is 9.45. The van der Waals surface area contributed by atoms with Crippen molar-refractivity contribution in [2.75, 3.05) is 18.1 Å². The summed E-state index contributed by atoms with van der Waals surface area (Å²) in [6, 6.07) is -0.243. The number of aromatic nitrogens is 4. The van der Waals surface area contributed by atoms with Gasteiger partial charge in [-0.1, -0.05) is 0 Å². The maximum atomic E-state index is 9.95. The number of hydrogen-bond donors (Lipinski definition) is 7. The molecular formula is C14H24N6O5SSe2. The number of nitrogens with zero attached hydrogens (tertiary/aromatic N) is 4. The van der Waals surface area contributed by atoms with Crippen LogP contribution in [0.1, 0.15) is 12.6 Å². The minimum atomic E-state index is -1.19. The number of nitrogen functional groups attached to an aromatic ring is 1. The van der Waals surface area contributed by atoms with Gasteiger partial charge in [0.2, 0.25) is 0 Å². The van der Waals surface area contributed by atoms with Gasteiger partial charge in [0, 0.05) is 0 Å². The molecule has 3 heterocycles. The Labute approximate surface area is 184 Å². The second-order valence-electron chi connectivity index (χ2n) is 5.77. The Bertz CT molecular complexity index is 784. The Morgan fingerprint density at radius 3 is 2.50 bits per heavy atom. The van der Waals surface area contributed by atoms with E-state index in [1.807, 2.05) is 0 Å². The number of rotatable bonds is 5. The molecule has 14 heteroatoms. The molecule has 0 saturated carbocycles. The fourth-order valence-corrected chi connectivity index (χ4v) is 2.95. The molecule has 0 bridgehead atoms. The molecule has 158 valence electrons. The van der Waals surface area contributed by atoms with Crippen molar-refractivity contribution in [1.82, 2.24) is 19.5 Å². The molecule has 1 aliphatic heterocycles. The predicted octanol–water partition coefficient (Wildman–Crippen LogP) is -3.59. The topological polar surface area (TPSA) is 186 Å². The molecule has 1 unspecified atom stereocenters. The summed E-state index contributed by atoms with van der Waals surface area (Å²) < 4.78 is 7.02. The first-order chi connectivity index (χ1) is 12.8. The first-order valence-electron chi connectivity index (χ1n) is 7.96. The Morgan fingerprint density at radius 2 is 2.00 bits per heavy atom. The van der Waals surface area contributed by atoms with Gasteiger partial charge >= 0.3 is 78.9 Å². The van der Waals surface area contributed by atoms with Crippen molar-refractivity contribution in [2.24, 2.45) is 5.73 Å². The van der Waals surface area contributed by atoms with E-state index in [2.05, 4.69) is 43.2 Å². The van der Waals surface area contributed by atoms with E-state index in [0.717, 1.165) is 0 Å². The summed E-state index contributed by atoms with van der Waals surface area (Å²) in [5.41, 5.74) is 11.8. The van der Waals surface area contributed by atoms with Crippen molar-refractivity contribution in [3.63, 3.8) is 0 Å². The molecule has 2 aromatic rings. The standard InChI is InChI=1S/C10H13N5O4.C4H9NOSSe.H2Se/c11-8-5-9(13-2-12-8)15(3-14-5)10-7(18)6(17)4(1-16)19-10;5-3(1-2-7)4(6)8;/h2-4,6-7,10,16-18H,1H2,(H2,11,12,13);3,7H,1-2,5H2,(H,6,8);1H2/t4-,6-,7-,10-;;/m1../s1. The molecule has 1 aliphatic rings. The van der Waals surface area contributed by atoms with Crippen LogP contribution in [0.4, 0.5) is 5.82 Å². The van der Waals surface area contributed by atoms with Crippen LogP contribution in [0.15, 0.2) is 12.7 Å². The van der Waals surface area contributed by atoms with E-state index in [9.17, 15) is 10.2 Å². The van der Waals surface area contributed by atoms with Gasteiger partial charge in [-0.25, -0.2) is 15.0 Å². The number of imidazole rings is 1. The van der Waals surface area contributed by atoms with Gasteiger partial charge < -0.3 is 25.8 Å². The second kappa shape index (κ2) is 11.4. The van der Waals surface area contributed by atoms with E-state index < -0.39 is 31.1 Å². The van der Waals surface area contributed by atoms with Crippen molar-refractivity contribution in [3.05, 3.63) is 12.7 Å². The summed E-state index contributed by atoms with van der Waals surface area (Å²) in [6.07, 6.45) is -0.713. The molecule has 8 N–H and O–H groups in total. The average Bonchev–Trinajstić information content (AvgIpc) is 3.18. The van der Waals surface area contributed by atoms with Gasteiger partial charge in [-0.2, -0.15) is 0 Å². The van der Waals surface area contributed by atoms with Gasteiger partial charge in [-0.3, -0.25) is 4.57 Å². The molecule has 11 nitrogen and oxygen atoms in total. The van der Waals surface area contributed by atoms with E-state index >= 15 is 0 Å². The van der Waals surface area contributed by atoms with E-state index in [1.165, 1.54) is 17.2 Å². The van der Waals surface area contributed by atoms with Gasteiger partial charge in [0.05, 0.1) is 12.9 Å². The molecule has 28 heavy (non-hydrogen) atoms. The van der Waals surface area contributed by atoms with Crippen molar-refractivity contribution >= 4 is 66.9 Å². The molecule has 0 aliphatic carbocycles. The van der Waals surface area contributed by atoms with Crippen LogP contribution in [0.5, 0.6) is 0 Å². The van der Waals surface area contributed by atoms with Gasteiger partial charge in [0.15, 0.2) is 17.7 Å². The summed E-state index contributed by atoms with van der Waals surface area (Å²) in [6.45, 7) is -0.390. The summed E-state index contributed by atoms with van der Waals surface area (Å²) in [5.74, 6) is 0.919. The van der Waals surface area contributed by atoms with Gasteiger partial charge in [0.1, 0.15) is 30.2 Å². The fraction of sp³-hybridized carbons (Fsp3) is 0.571. The zero-order chi connectivity index (χ0) is 20.1. The third-order valence-corrected chi connectivity index (χ3v) is 4.83. The number of aliphatic hydroxyl groups excluding tert-OH is 4. The quantitative estimate of drug-likeness (QED) is 0.146. The fourth-order valence-electron chi connectivity index (χ4n) is 2.43. The third-order valence-electron chi connectivity index (χ3n) is 3.94. The van der Waals surface area contributed by atoms with Crippen LogP contribution in [0.2, 0.25) is 0 Å². The zero-order valence-corrected chi connectivity index (χ0v) is 19.4. The number of hydrogen-bond acceptors (Lipinski definition) is 11. The molecule has 1 fully saturated rings. The van der Waals surface area contributed by atoms with E-state index in [1.54, 1.807) is 0 Å².